The lowest BCUT2D eigenvalue weighted by molar-refractivity contribution is 0.425. The molecular formula is C11H15N3OS2. The van der Waals surface area contributed by atoms with Crippen LogP contribution in [-0.2, 0) is 5.75 Å². The number of nitrogens with zero attached hydrogens (tertiary/aromatic N) is 2. The van der Waals surface area contributed by atoms with Crippen molar-refractivity contribution in [2.75, 3.05) is 11.5 Å². The standard InChI is InChI=1S/C11H15N3OS2/c1-4-16-5-8-13-11(15-14-8)9-6(2)7(3)17-10(9)12/h4-5,12H2,1-3H3. The monoisotopic (exact) mass is 269 g/mol. The van der Waals surface area contributed by atoms with Gasteiger partial charge in [0.2, 0.25) is 0 Å². The average Bonchev–Trinajstić information content (AvgIpc) is 2.83. The summed E-state index contributed by atoms with van der Waals surface area (Å²) in [4.78, 5) is 5.58. The molecule has 0 amide bonds. The van der Waals surface area contributed by atoms with E-state index >= 15 is 0 Å². The summed E-state index contributed by atoms with van der Waals surface area (Å²) in [5.41, 5.74) is 8.00. The van der Waals surface area contributed by atoms with E-state index in [0.29, 0.717) is 5.89 Å². The van der Waals surface area contributed by atoms with Gasteiger partial charge in [0.1, 0.15) is 0 Å². The number of anilines is 1. The highest BCUT2D eigenvalue weighted by molar-refractivity contribution is 7.98. The molecule has 92 valence electrons. The molecule has 0 bridgehead atoms. The average molecular weight is 269 g/mol. The maximum Gasteiger partial charge on any atom is 0.261 e. The van der Waals surface area contributed by atoms with Crippen LogP contribution in [0.4, 0.5) is 5.00 Å². The second-order valence-corrected chi connectivity index (χ2v) is 6.21. The van der Waals surface area contributed by atoms with Gasteiger partial charge in [-0.15, -0.1) is 11.3 Å². The molecule has 0 radical (unpaired) electrons. The van der Waals surface area contributed by atoms with Crippen LogP contribution in [0.1, 0.15) is 23.2 Å². The first kappa shape index (κ1) is 12.4. The van der Waals surface area contributed by atoms with Gasteiger partial charge in [0, 0.05) is 4.88 Å². The number of hydrogen-bond acceptors (Lipinski definition) is 6. The predicted octanol–water partition coefficient (Wildman–Crippen LogP) is 3.25. The Morgan fingerprint density at radius 2 is 2.18 bits per heavy atom. The molecule has 0 aliphatic heterocycles. The van der Waals surface area contributed by atoms with Gasteiger partial charge in [0.15, 0.2) is 5.82 Å². The number of rotatable bonds is 4. The van der Waals surface area contributed by atoms with Gasteiger partial charge in [0.05, 0.1) is 16.3 Å². The molecule has 6 heteroatoms. The molecule has 4 nitrogen and oxygen atoms in total. The summed E-state index contributed by atoms with van der Waals surface area (Å²) < 4.78 is 5.27. The van der Waals surface area contributed by atoms with Crippen LogP contribution in [-0.4, -0.2) is 15.9 Å². The molecule has 0 aliphatic rings. The molecule has 2 aromatic heterocycles. The number of aromatic nitrogens is 2. The van der Waals surface area contributed by atoms with Crippen molar-refractivity contribution in [3.63, 3.8) is 0 Å². The second kappa shape index (κ2) is 5.10. The Kier molecular flexibility index (Phi) is 3.73. The fraction of sp³-hybridized carbons (Fsp3) is 0.455. The highest BCUT2D eigenvalue weighted by atomic mass is 32.2. The minimum Gasteiger partial charge on any atom is -0.390 e. The largest absolute Gasteiger partial charge is 0.390 e. The number of aryl methyl sites for hydroxylation is 1. The molecule has 0 unspecified atom stereocenters. The van der Waals surface area contributed by atoms with Gasteiger partial charge in [-0.3, -0.25) is 0 Å². The number of hydrogen-bond donors (Lipinski definition) is 1. The van der Waals surface area contributed by atoms with Crippen molar-refractivity contribution in [1.29, 1.82) is 0 Å². The second-order valence-electron chi connectivity index (χ2n) is 3.68. The molecule has 0 atom stereocenters. The normalized spacial score (nSPS) is 11.0. The van der Waals surface area contributed by atoms with Crippen molar-refractivity contribution >= 4 is 28.1 Å². The summed E-state index contributed by atoms with van der Waals surface area (Å²) in [7, 11) is 0. The van der Waals surface area contributed by atoms with E-state index in [2.05, 4.69) is 17.1 Å². The quantitative estimate of drug-likeness (QED) is 0.923. The van der Waals surface area contributed by atoms with E-state index in [1.54, 1.807) is 23.1 Å². The van der Waals surface area contributed by atoms with Crippen LogP contribution in [0.25, 0.3) is 11.5 Å². The summed E-state index contributed by atoms with van der Waals surface area (Å²) in [6, 6.07) is 0. The Morgan fingerprint density at radius 1 is 1.41 bits per heavy atom. The fourth-order valence-electron chi connectivity index (χ4n) is 1.53. The Hall–Kier alpha value is -1.01. The third-order valence-corrected chi connectivity index (χ3v) is 4.44. The predicted molar refractivity (Wildman–Crippen MR) is 73.3 cm³/mol. The van der Waals surface area contributed by atoms with Gasteiger partial charge in [-0.2, -0.15) is 16.7 Å². The van der Waals surface area contributed by atoms with Crippen LogP contribution >= 0.6 is 23.1 Å². The van der Waals surface area contributed by atoms with Gasteiger partial charge in [-0.25, -0.2) is 0 Å². The molecule has 2 aromatic rings. The first-order valence-corrected chi connectivity index (χ1v) is 7.36. The van der Waals surface area contributed by atoms with Crippen molar-refractivity contribution in [1.82, 2.24) is 10.1 Å². The van der Waals surface area contributed by atoms with Gasteiger partial charge >= 0.3 is 0 Å². The minimum absolute atomic E-state index is 0.538. The number of thioether (sulfide) groups is 1. The smallest absolute Gasteiger partial charge is 0.261 e. The van der Waals surface area contributed by atoms with Gasteiger partial charge in [0.25, 0.3) is 5.89 Å². The van der Waals surface area contributed by atoms with Gasteiger partial charge < -0.3 is 10.3 Å². The third kappa shape index (κ3) is 2.47. The lowest BCUT2D eigenvalue weighted by Gasteiger charge is -1.94. The molecule has 2 heterocycles. The molecule has 2 rings (SSSR count). The number of thiophene rings is 1. The molecule has 0 saturated heterocycles. The van der Waals surface area contributed by atoms with Crippen LogP contribution in [0.15, 0.2) is 4.52 Å². The van der Waals surface area contributed by atoms with Crippen LogP contribution < -0.4 is 5.73 Å². The SMILES string of the molecule is CCSCc1noc(-c2c(N)sc(C)c2C)n1. The van der Waals surface area contributed by atoms with E-state index in [4.69, 9.17) is 10.3 Å². The van der Waals surface area contributed by atoms with Crippen molar-refractivity contribution < 1.29 is 4.52 Å². The molecule has 0 aliphatic carbocycles. The Morgan fingerprint density at radius 3 is 2.76 bits per heavy atom. The van der Waals surface area contributed by atoms with Gasteiger partial charge in [-0.1, -0.05) is 12.1 Å². The van der Waals surface area contributed by atoms with Crippen LogP contribution in [0, 0.1) is 13.8 Å². The van der Waals surface area contributed by atoms with Crippen molar-refractivity contribution in [2.24, 2.45) is 0 Å². The molecular weight excluding hydrogens is 254 g/mol. The Labute approximate surface area is 109 Å². The lowest BCUT2D eigenvalue weighted by Crippen LogP contribution is -1.88. The molecule has 0 fully saturated rings. The number of nitrogen functional groups attached to an aromatic ring is 1. The van der Waals surface area contributed by atoms with Crippen molar-refractivity contribution in [3.05, 3.63) is 16.3 Å². The zero-order valence-corrected chi connectivity index (χ0v) is 11.7. The van der Waals surface area contributed by atoms with E-state index in [1.165, 1.54) is 4.88 Å². The first-order chi connectivity index (χ1) is 8.13. The summed E-state index contributed by atoms with van der Waals surface area (Å²) >= 11 is 3.33. The zero-order valence-electron chi connectivity index (χ0n) is 10.1. The Balaban J connectivity index is 2.30. The first-order valence-electron chi connectivity index (χ1n) is 5.39. The summed E-state index contributed by atoms with van der Waals surface area (Å²) in [6.07, 6.45) is 0. The van der Waals surface area contributed by atoms with E-state index in [-0.39, 0.29) is 0 Å². The highest BCUT2D eigenvalue weighted by Crippen LogP contribution is 2.37. The Bertz CT molecular complexity index is 519. The van der Waals surface area contributed by atoms with E-state index in [1.807, 2.05) is 13.8 Å². The lowest BCUT2D eigenvalue weighted by atomic mass is 10.1. The van der Waals surface area contributed by atoms with Crippen molar-refractivity contribution in [3.8, 4) is 11.5 Å². The fourth-order valence-corrected chi connectivity index (χ4v) is 2.96. The maximum absolute atomic E-state index is 5.97. The maximum atomic E-state index is 5.97. The highest BCUT2D eigenvalue weighted by Gasteiger charge is 2.18. The molecule has 0 spiro atoms. The number of nitrogens with two attached hydrogens (primary N) is 1. The van der Waals surface area contributed by atoms with Crippen LogP contribution in [0.3, 0.4) is 0 Å². The van der Waals surface area contributed by atoms with Gasteiger partial charge in [-0.05, 0) is 25.2 Å². The summed E-state index contributed by atoms with van der Waals surface area (Å²) in [6.45, 7) is 6.18. The molecule has 0 saturated carbocycles. The van der Waals surface area contributed by atoms with Crippen LogP contribution in [0.5, 0.6) is 0 Å². The summed E-state index contributed by atoms with van der Waals surface area (Å²) in [5, 5.41) is 4.71. The molecule has 17 heavy (non-hydrogen) atoms. The van der Waals surface area contributed by atoms with E-state index < -0.39 is 0 Å². The van der Waals surface area contributed by atoms with E-state index in [9.17, 15) is 0 Å². The molecule has 2 N–H and O–H groups in total. The van der Waals surface area contributed by atoms with Crippen molar-refractivity contribution in [2.45, 2.75) is 26.5 Å². The topological polar surface area (TPSA) is 64.9 Å². The van der Waals surface area contributed by atoms with Crippen LogP contribution in [0.2, 0.25) is 0 Å². The van der Waals surface area contributed by atoms with E-state index in [0.717, 1.165) is 33.5 Å². The zero-order chi connectivity index (χ0) is 12.4. The third-order valence-electron chi connectivity index (χ3n) is 2.53. The summed E-state index contributed by atoms with van der Waals surface area (Å²) in [5.74, 6) is 3.09. The minimum atomic E-state index is 0.538. The molecule has 0 aromatic carbocycles.